The second kappa shape index (κ2) is 7.07. The van der Waals surface area contributed by atoms with Crippen molar-refractivity contribution in [1.82, 2.24) is 9.80 Å². The van der Waals surface area contributed by atoms with Crippen molar-refractivity contribution in [2.45, 2.75) is 53.0 Å². The minimum atomic E-state index is -0.133. The average molecular weight is 283 g/mol. The van der Waals surface area contributed by atoms with E-state index < -0.39 is 0 Å². The number of carbonyl (C=O) groups is 2. The van der Waals surface area contributed by atoms with E-state index in [1.807, 2.05) is 16.7 Å². The van der Waals surface area contributed by atoms with E-state index in [1.165, 1.54) is 0 Å². The first kappa shape index (κ1) is 17.0. The Kier molecular flexibility index (Phi) is 5.99. The maximum Gasteiger partial charge on any atom is 0.224 e. The highest BCUT2D eigenvalue weighted by atomic mass is 16.2. The van der Waals surface area contributed by atoms with Gasteiger partial charge in [0, 0.05) is 45.1 Å². The van der Waals surface area contributed by atoms with Gasteiger partial charge in [0.25, 0.3) is 0 Å². The largest absolute Gasteiger partial charge is 0.341 e. The number of nitrogens with zero attached hydrogens (tertiary/aromatic N) is 2. The second-order valence-electron chi connectivity index (χ2n) is 6.65. The SMILES string of the molecule is CCC(=O)N1CCCN(C(=O)CC(N)C(C)(C)C)CC1. The summed E-state index contributed by atoms with van der Waals surface area (Å²) >= 11 is 0. The lowest BCUT2D eigenvalue weighted by atomic mass is 9.85. The molecule has 1 fully saturated rings. The maximum absolute atomic E-state index is 12.3. The topological polar surface area (TPSA) is 66.6 Å². The van der Waals surface area contributed by atoms with Crippen LogP contribution in [0.4, 0.5) is 0 Å². The highest BCUT2D eigenvalue weighted by molar-refractivity contribution is 5.78. The van der Waals surface area contributed by atoms with Crippen molar-refractivity contribution in [3.8, 4) is 0 Å². The number of amides is 2. The van der Waals surface area contributed by atoms with Crippen molar-refractivity contribution >= 4 is 11.8 Å². The summed E-state index contributed by atoms with van der Waals surface area (Å²) < 4.78 is 0. The third kappa shape index (κ3) is 4.78. The molecule has 1 saturated heterocycles. The molecule has 1 atom stereocenters. The first-order chi connectivity index (χ1) is 9.25. The van der Waals surface area contributed by atoms with Crippen LogP contribution >= 0.6 is 0 Å². The molecule has 0 aliphatic carbocycles. The Morgan fingerprint density at radius 2 is 1.55 bits per heavy atom. The molecule has 5 heteroatoms. The zero-order chi connectivity index (χ0) is 15.3. The minimum Gasteiger partial charge on any atom is -0.341 e. The van der Waals surface area contributed by atoms with Crippen molar-refractivity contribution in [2.75, 3.05) is 26.2 Å². The third-order valence-electron chi connectivity index (χ3n) is 4.01. The Hall–Kier alpha value is -1.10. The molecular weight excluding hydrogens is 254 g/mol. The van der Waals surface area contributed by atoms with Gasteiger partial charge in [0.1, 0.15) is 0 Å². The third-order valence-corrected chi connectivity index (χ3v) is 4.01. The summed E-state index contributed by atoms with van der Waals surface area (Å²) in [4.78, 5) is 27.7. The van der Waals surface area contributed by atoms with Gasteiger partial charge in [-0.3, -0.25) is 9.59 Å². The standard InChI is InChI=1S/C15H29N3O2/c1-5-13(19)17-7-6-8-18(10-9-17)14(20)11-12(16)15(2,3)4/h12H,5-11,16H2,1-4H3. The van der Waals surface area contributed by atoms with Gasteiger partial charge in [-0.05, 0) is 11.8 Å². The molecule has 1 unspecified atom stereocenters. The summed E-state index contributed by atoms with van der Waals surface area (Å²) in [6.45, 7) is 10.8. The molecule has 0 aromatic heterocycles. The van der Waals surface area contributed by atoms with Crippen LogP contribution in [0.1, 0.15) is 47.0 Å². The molecule has 1 heterocycles. The van der Waals surface area contributed by atoms with Gasteiger partial charge in [0.05, 0.1) is 0 Å². The summed E-state index contributed by atoms with van der Waals surface area (Å²) in [5.41, 5.74) is 6.02. The highest BCUT2D eigenvalue weighted by Gasteiger charge is 2.27. The van der Waals surface area contributed by atoms with Crippen LogP contribution in [0.15, 0.2) is 0 Å². The summed E-state index contributed by atoms with van der Waals surface area (Å²) in [6.07, 6.45) is 1.76. The van der Waals surface area contributed by atoms with Gasteiger partial charge in [-0.25, -0.2) is 0 Å². The number of carbonyl (C=O) groups excluding carboxylic acids is 2. The Morgan fingerprint density at radius 3 is 2.00 bits per heavy atom. The van der Waals surface area contributed by atoms with Gasteiger partial charge in [-0.15, -0.1) is 0 Å². The molecule has 1 aliphatic rings. The molecule has 5 nitrogen and oxygen atoms in total. The van der Waals surface area contributed by atoms with Crippen LogP contribution in [-0.4, -0.2) is 53.8 Å². The quantitative estimate of drug-likeness (QED) is 0.847. The van der Waals surface area contributed by atoms with E-state index in [0.717, 1.165) is 19.5 Å². The van der Waals surface area contributed by atoms with E-state index in [9.17, 15) is 9.59 Å². The van der Waals surface area contributed by atoms with Crippen molar-refractivity contribution in [1.29, 1.82) is 0 Å². The molecule has 0 aromatic carbocycles. The van der Waals surface area contributed by atoms with Crippen molar-refractivity contribution in [3.05, 3.63) is 0 Å². The Balaban J connectivity index is 2.52. The average Bonchev–Trinajstić information content (AvgIpc) is 2.62. The fourth-order valence-corrected chi connectivity index (χ4v) is 2.26. The molecule has 1 rings (SSSR count). The van der Waals surface area contributed by atoms with E-state index in [2.05, 4.69) is 20.8 Å². The Bertz CT molecular complexity index is 350. The smallest absolute Gasteiger partial charge is 0.224 e. The predicted molar refractivity (Wildman–Crippen MR) is 80.1 cm³/mol. The summed E-state index contributed by atoms with van der Waals surface area (Å²) in [5, 5.41) is 0. The molecule has 0 bridgehead atoms. The van der Waals surface area contributed by atoms with Crippen molar-refractivity contribution < 1.29 is 9.59 Å². The molecule has 1 aliphatic heterocycles. The summed E-state index contributed by atoms with van der Waals surface area (Å²) in [7, 11) is 0. The normalized spacial score (nSPS) is 18.6. The molecule has 0 spiro atoms. The van der Waals surface area contributed by atoms with Crippen LogP contribution < -0.4 is 5.73 Å². The molecule has 116 valence electrons. The number of nitrogens with two attached hydrogens (primary N) is 1. The first-order valence-electron chi connectivity index (χ1n) is 7.56. The molecule has 0 aromatic rings. The lowest BCUT2D eigenvalue weighted by Gasteiger charge is -2.29. The Labute approximate surface area is 122 Å². The van der Waals surface area contributed by atoms with Crippen LogP contribution in [0.3, 0.4) is 0 Å². The zero-order valence-corrected chi connectivity index (χ0v) is 13.3. The van der Waals surface area contributed by atoms with E-state index in [4.69, 9.17) is 5.73 Å². The number of hydrogen-bond donors (Lipinski definition) is 1. The number of rotatable bonds is 3. The van der Waals surface area contributed by atoms with Gasteiger partial charge in [-0.2, -0.15) is 0 Å². The lowest BCUT2D eigenvalue weighted by molar-refractivity contribution is -0.133. The summed E-state index contributed by atoms with van der Waals surface area (Å²) in [5.74, 6) is 0.281. The van der Waals surface area contributed by atoms with Gasteiger partial charge in [0.2, 0.25) is 11.8 Å². The van der Waals surface area contributed by atoms with Crippen molar-refractivity contribution in [2.24, 2.45) is 11.1 Å². The van der Waals surface area contributed by atoms with Crippen LogP contribution in [0.5, 0.6) is 0 Å². The van der Waals surface area contributed by atoms with E-state index in [0.29, 0.717) is 25.9 Å². The molecular formula is C15H29N3O2. The molecule has 2 N–H and O–H groups in total. The fourth-order valence-electron chi connectivity index (χ4n) is 2.26. The first-order valence-corrected chi connectivity index (χ1v) is 7.56. The van der Waals surface area contributed by atoms with Crippen molar-refractivity contribution in [3.63, 3.8) is 0 Å². The van der Waals surface area contributed by atoms with E-state index in [-0.39, 0.29) is 23.3 Å². The van der Waals surface area contributed by atoms with E-state index in [1.54, 1.807) is 0 Å². The van der Waals surface area contributed by atoms with Crippen LogP contribution in [0.25, 0.3) is 0 Å². The Morgan fingerprint density at radius 1 is 1.05 bits per heavy atom. The summed E-state index contributed by atoms with van der Waals surface area (Å²) in [6, 6.07) is -0.133. The van der Waals surface area contributed by atoms with Gasteiger partial charge in [-0.1, -0.05) is 27.7 Å². The molecule has 0 radical (unpaired) electrons. The molecule has 2 amide bonds. The fraction of sp³-hybridized carbons (Fsp3) is 0.867. The monoisotopic (exact) mass is 283 g/mol. The second-order valence-corrected chi connectivity index (χ2v) is 6.65. The molecule has 0 saturated carbocycles. The van der Waals surface area contributed by atoms with Crippen LogP contribution in [0, 0.1) is 5.41 Å². The van der Waals surface area contributed by atoms with Crippen LogP contribution in [0.2, 0.25) is 0 Å². The van der Waals surface area contributed by atoms with Crippen LogP contribution in [-0.2, 0) is 9.59 Å². The van der Waals surface area contributed by atoms with Gasteiger partial charge < -0.3 is 15.5 Å². The molecule has 20 heavy (non-hydrogen) atoms. The minimum absolute atomic E-state index is 0.0638. The van der Waals surface area contributed by atoms with E-state index >= 15 is 0 Å². The zero-order valence-electron chi connectivity index (χ0n) is 13.3. The predicted octanol–water partition coefficient (Wildman–Crippen LogP) is 1.22. The van der Waals surface area contributed by atoms with Gasteiger partial charge in [0.15, 0.2) is 0 Å². The maximum atomic E-state index is 12.3. The van der Waals surface area contributed by atoms with Gasteiger partial charge >= 0.3 is 0 Å². The lowest BCUT2D eigenvalue weighted by Crippen LogP contribution is -2.43. The highest BCUT2D eigenvalue weighted by Crippen LogP contribution is 2.20. The number of hydrogen-bond acceptors (Lipinski definition) is 3.